The lowest BCUT2D eigenvalue weighted by atomic mass is 9.96. The Morgan fingerprint density at radius 2 is 1.93 bits per heavy atom. The Balaban J connectivity index is 0.000000359. The highest BCUT2D eigenvalue weighted by Crippen LogP contribution is 2.51. The van der Waals surface area contributed by atoms with E-state index in [1.54, 1.807) is 17.8 Å². The maximum absolute atomic E-state index is 13.0. The number of fused-ring (bicyclic) bond motifs is 3. The number of ether oxygens (including phenoxy) is 1. The standard InChI is InChI=1S/C21H15FOS.C3H5NO/c1-13-17-11-8-14-4-2-3-5-18(14)21(17)24-20(13)12-19(23)15-6-9-16(22)10-7-15;1-2-5-3-4-1/h2-13H,1H3;3H,1-2H2. The van der Waals surface area contributed by atoms with Crippen molar-refractivity contribution >= 4 is 34.7 Å². The predicted octanol–water partition coefficient (Wildman–Crippen LogP) is 6.00. The highest BCUT2D eigenvalue weighted by Gasteiger charge is 2.26. The third-order valence-corrected chi connectivity index (χ3v) is 6.28. The summed E-state index contributed by atoms with van der Waals surface area (Å²) in [6.07, 6.45) is 3.18. The topological polar surface area (TPSA) is 38.7 Å². The van der Waals surface area contributed by atoms with E-state index in [1.807, 2.05) is 12.1 Å². The van der Waals surface area contributed by atoms with Crippen LogP contribution >= 0.6 is 11.8 Å². The molecule has 0 radical (unpaired) electrons. The van der Waals surface area contributed by atoms with Crippen LogP contribution in [0.25, 0.3) is 10.8 Å². The number of aliphatic imine (C=N–C) groups is 1. The molecule has 5 rings (SSSR count). The van der Waals surface area contributed by atoms with Crippen LogP contribution in [0, 0.1) is 5.82 Å². The molecular weight excluding hydrogens is 385 g/mol. The lowest BCUT2D eigenvalue weighted by Gasteiger charge is -2.06. The summed E-state index contributed by atoms with van der Waals surface area (Å²) in [6.45, 7) is 3.75. The van der Waals surface area contributed by atoms with E-state index in [-0.39, 0.29) is 17.5 Å². The third-order valence-electron chi connectivity index (χ3n) is 4.91. The highest BCUT2D eigenvalue weighted by molar-refractivity contribution is 8.03. The number of carbonyl (C=O) groups excluding carboxylic acids is 1. The van der Waals surface area contributed by atoms with E-state index in [1.165, 1.54) is 51.9 Å². The lowest BCUT2D eigenvalue weighted by molar-refractivity contribution is 0.104. The first kappa shape index (κ1) is 19.4. The zero-order chi connectivity index (χ0) is 20.2. The van der Waals surface area contributed by atoms with Crippen molar-refractivity contribution in [2.45, 2.75) is 17.7 Å². The minimum Gasteiger partial charge on any atom is -0.482 e. The van der Waals surface area contributed by atoms with Gasteiger partial charge in [0.15, 0.2) is 12.2 Å². The second kappa shape index (κ2) is 8.62. The molecule has 2 aliphatic rings. The van der Waals surface area contributed by atoms with Gasteiger partial charge in [-0.3, -0.25) is 9.79 Å². The van der Waals surface area contributed by atoms with Crippen molar-refractivity contribution in [3.8, 4) is 0 Å². The summed E-state index contributed by atoms with van der Waals surface area (Å²) in [5.74, 6) is -0.220. The first-order chi connectivity index (χ1) is 14.1. The van der Waals surface area contributed by atoms with E-state index in [2.05, 4.69) is 40.9 Å². The first-order valence-electron chi connectivity index (χ1n) is 9.44. The van der Waals surface area contributed by atoms with Gasteiger partial charge in [-0.15, -0.1) is 0 Å². The Morgan fingerprint density at radius 1 is 1.14 bits per heavy atom. The molecule has 2 heterocycles. The summed E-state index contributed by atoms with van der Waals surface area (Å²) in [7, 11) is 0. The van der Waals surface area contributed by atoms with Crippen LogP contribution in [0.15, 0.2) is 81.5 Å². The van der Waals surface area contributed by atoms with Crippen molar-refractivity contribution in [2.24, 2.45) is 4.99 Å². The van der Waals surface area contributed by atoms with Crippen LogP contribution in [0.5, 0.6) is 0 Å². The molecule has 2 aliphatic heterocycles. The summed E-state index contributed by atoms with van der Waals surface area (Å²) < 4.78 is 17.7. The summed E-state index contributed by atoms with van der Waals surface area (Å²) in [6, 6.07) is 18.3. The number of rotatable bonds is 2. The summed E-state index contributed by atoms with van der Waals surface area (Å²) >= 11 is 1.67. The Bertz CT molecular complexity index is 1100. The number of hydrogen-bond donors (Lipinski definition) is 0. The molecule has 1 atom stereocenters. The maximum atomic E-state index is 13.0. The smallest absolute Gasteiger partial charge is 0.186 e. The summed E-state index contributed by atoms with van der Waals surface area (Å²) in [4.78, 5) is 18.5. The van der Waals surface area contributed by atoms with E-state index in [9.17, 15) is 9.18 Å². The van der Waals surface area contributed by atoms with E-state index in [0.29, 0.717) is 5.56 Å². The normalized spacial score (nSPS) is 18.3. The van der Waals surface area contributed by atoms with Gasteiger partial charge in [-0.05, 0) is 46.7 Å². The molecule has 0 N–H and O–H groups in total. The van der Waals surface area contributed by atoms with Gasteiger partial charge in [0.25, 0.3) is 0 Å². The SMILES string of the molecule is C1=NCCO1.CC1C(=CC(=O)c2ccc(F)cc2)Sc2c1ccc1ccccc21. The predicted molar refractivity (Wildman–Crippen MR) is 116 cm³/mol. The number of benzene rings is 3. The van der Waals surface area contributed by atoms with Gasteiger partial charge in [0.2, 0.25) is 0 Å². The fourth-order valence-electron chi connectivity index (χ4n) is 3.32. The molecule has 0 bridgehead atoms. The van der Waals surface area contributed by atoms with E-state index < -0.39 is 0 Å². The monoisotopic (exact) mass is 405 g/mol. The van der Waals surface area contributed by atoms with Gasteiger partial charge in [-0.1, -0.05) is 55.1 Å². The average Bonchev–Trinajstić information content (AvgIpc) is 3.42. The van der Waals surface area contributed by atoms with Crippen LogP contribution in [0.3, 0.4) is 0 Å². The van der Waals surface area contributed by atoms with Gasteiger partial charge >= 0.3 is 0 Å². The van der Waals surface area contributed by atoms with Crippen molar-refractivity contribution in [2.75, 3.05) is 13.2 Å². The van der Waals surface area contributed by atoms with Gasteiger partial charge < -0.3 is 4.74 Å². The molecule has 3 aromatic rings. The first-order valence-corrected chi connectivity index (χ1v) is 10.3. The van der Waals surface area contributed by atoms with Crippen molar-refractivity contribution in [1.29, 1.82) is 0 Å². The van der Waals surface area contributed by atoms with Gasteiger partial charge in [0.05, 0.1) is 6.54 Å². The van der Waals surface area contributed by atoms with Crippen molar-refractivity contribution in [1.82, 2.24) is 0 Å². The summed E-state index contributed by atoms with van der Waals surface area (Å²) in [5, 5.41) is 2.44. The van der Waals surface area contributed by atoms with Gasteiger partial charge in [0, 0.05) is 21.3 Å². The molecule has 0 saturated heterocycles. The van der Waals surface area contributed by atoms with Crippen molar-refractivity contribution in [3.63, 3.8) is 0 Å². The second-order valence-electron chi connectivity index (χ2n) is 6.83. The highest BCUT2D eigenvalue weighted by atomic mass is 32.2. The largest absolute Gasteiger partial charge is 0.482 e. The molecule has 3 nitrogen and oxygen atoms in total. The Morgan fingerprint density at radius 3 is 2.62 bits per heavy atom. The maximum Gasteiger partial charge on any atom is 0.186 e. The third kappa shape index (κ3) is 4.25. The van der Waals surface area contributed by atoms with Crippen molar-refractivity contribution < 1.29 is 13.9 Å². The van der Waals surface area contributed by atoms with Crippen LogP contribution in [0.4, 0.5) is 4.39 Å². The molecule has 146 valence electrons. The number of hydrogen-bond acceptors (Lipinski definition) is 4. The van der Waals surface area contributed by atoms with Gasteiger partial charge in [-0.25, -0.2) is 4.39 Å². The number of nitrogens with zero attached hydrogens (tertiary/aromatic N) is 1. The Labute approximate surface area is 173 Å². The van der Waals surface area contributed by atoms with Gasteiger partial charge in [-0.2, -0.15) is 0 Å². The van der Waals surface area contributed by atoms with Crippen molar-refractivity contribution in [3.05, 3.63) is 88.6 Å². The fourth-order valence-corrected chi connectivity index (χ4v) is 4.68. The Hall–Kier alpha value is -2.92. The molecule has 0 aromatic heterocycles. The van der Waals surface area contributed by atoms with Crippen LogP contribution in [-0.4, -0.2) is 25.3 Å². The van der Waals surface area contributed by atoms with E-state index >= 15 is 0 Å². The molecule has 0 fully saturated rings. The number of halogens is 1. The van der Waals surface area contributed by atoms with Crippen LogP contribution in [0.2, 0.25) is 0 Å². The molecule has 0 amide bonds. The van der Waals surface area contributed by atoms with E-state index in [0.717, 1.165) is 18.1 Å². The molecule has 0 saturated carbocycles. The lowest BCUT2D eigenvalue weighted by Crippen LogP contribution is -1.97. The average molecular weight is 405 g/mol. The molecular formula is C24H20FNO2S. The second-order valence-corrected chi connectivity index (χ2v) is 7.91. The molecule has 29 heavy (non-hydrogen) atoms. The molecule has 3 aromatic carbocycles. The minimum atomic E-state index is -0.332. The summed E-state index contributed by atoms with van der Waals surface area (Å²) in [5.41, 5.74) is 1.77. The molecule has 5 heteroatoms. The van der Waals surface area contributed by atoms with E-state index in [4.69, 9.17) is 0 Å². The fraction of sp³-hybridized carbons (Fsp3) is 0.167. The van der Waals surface area contributed by atoms with Crippen LogP contribution < -0.4 is 0 Å². The zero-order valence-electron chi connectivity index (χ0n) is 16.0. The molecule has 1 unspecified atom stereocenters. The number of carbonyl (C=O) groups is 1. The number of allylic oxidation sites excluding steroid dienone is 2. The van der Waals surface area contributed by atoms with Crippen LogP contribution in [-0.2, 0) is 4.74 Å². The zero-order valence-corrected chi connectivity index (χ0v) is 16.8. The minimum absolute atomic E-state index is 0.0820. The van der Waals surface area contributed by atoms with Gasteiger partial charge in [0.1, 0.15) is 12.4 Å². The number of ketones is 1. The molecule has 0 spiro atoms. The molecule has 0 aliphatic carbocycles. The quantitative estimate of drug-likeness (QED) is 0.388. The Kier molecular flexibility index (Phi) is 5.76. The number of thioether (sulfide) groups is 1. The van der Waals surface area contributed by atoms with Crippen LogP contribution in [0.1, 0.15) is 28.8 Å².